The van der Waals surface area contributed by atoms with Crippen LogP contribution in [0.25, 0.3) is 10.2 Å². The van der Waals surface area contributed by atoms with Gasteiger partial charge in [-0.1, -0.05) is 72.0 Å². The molecule has 5 rings (SSSR count). The molecule has 1 aromatic heterocycles. The lowest BCUT2D eigenvalue weighted by atomic mass is 9.90. The van der Waals surface area contributed by atoms with Crippen LogP contribution in [0, 0.1) is 0 Å². The topological polar surface area (TPSA) is 54.9 Å². The number of amides is 1. The van der Waals surface area contributed by atoms with E-state index in [0.29, 0.717) is 30.6 Å². The molecule has 0 aliphatic carbocycles. The number of anilines is 1. The Labute approximate surface area is 221 Å². The van der Waals surface area contributed by atoms with Gasteiger partial charge in [0.05, 0.1) is 16.1 Å². The van der Waals surface area contributed by atoms with Crippen molar-refractivity contribution >= 4 is 45.0 Å². The van der Waals surface area contributed by atoms with Crippen LogP contribution in [-0.4, -0.2) is 56.2 Å². The predicted molar refractivity (Wildman–Crippen MR) is 148 cm³/mol. The summed E-state index contributed by atoms with van der Waals surface area (Å²) in [4.78, 5) is 23.2. The first-order valence-corrected chi connectivity index (χ1v) is 12.7. The summed E-state index contributed by atoms with van der Waals surface area (Å²) in [5.74, 6) is 1.05. The van der Waals surface area contributed by atoms with Crippen LogP contribution in [0.5, 0.6) is 11.5 Å². The lowest BCUT2D eigenvalue weighted by molar-refractivity contribution is -0.119. The van der Waals surface area contributed by atoms with Crippen molar-refractivity contribution in [2.24, 2.45) is 0 Å². The van der Waals surface area contributed by atoms with Crippen molar-refractivity contribution < 1.29 is 14.3 Å². The number of carbonyl (C=O) groups excluding carboxylic acids is 1. The fraction of sp³-hybridized carbons (Fsp3) is 0.286. The number of halogens is 1. The average molecular weight is 524 g/mol. The maximum atomic E-state index is 14.3. The number of hydrogen-bond donors (Lipinski definition) is 0. The number of ether oxygens (including phenoxy) is 2. The zero-order chi connectivity index (χ0) is 24.2. The van der Waals surface area contributed by atoms with Gasteiger partial charge in [0.2, 0.25) is 5.91 Å². The van der Waals surface area contributed by atoms with Crippen molar-refractivity contribution in [1.29, 1.82) is 0 Å². The number of fused-ring (bicyclic) bond motifs is 2. The standard InChI is InChI=1S/C28H29N3O3S.ClH/c1-30(2)14-9-15-31(28-29-22-18-23-24(19-25(22)35-28)34-17-16-33-23)27(32)26(20-10-5-3-6-11-20)21-12-7-4-8-13-21;/h3-8,10-13,18-19,26H,9,14-17H2,1-2H3;1H. The molecule has 0 radical (unpaired) electrons. The molecule has 0 saturated carbocycles. The Bertz CT molecular complexity index is 1220. The van der Waals surface area contributed by atoms with Crippen molar-refractivity contribution in [1.82, 2.24) is 9.88 Å². The maximum Gasteiger partial charge on any atom is 0.240 e. The molecular weight excluding hydrogens is 494 g/mol. The summed E-state index contributed by atoms with van der Waals surface area (Å²) >= 11 is 1.52. The molecular formula is C28H30ClN3O3S. The summed E-state index contributed by atoms with van der Waals surface area (Å²) in [6.45, 7) is 2.53. The zero-order valence-corrected chi connectivity index (χ0v) is 22.1. The van der Waals surface area contributed by atoms with E-state index in [1.165, 1.54) is 11.3 Å². The molecule has 1 aliphatic heterocycles. The minimum Gasteiger partial charge on any atom is -0.486 e. The maximum absolute atomic E-state index is 14.3. The highest BCUT2D eigenvalue weighted by Gasteiger charge is 2.30. The molecule has 0 unspecified atom stereocenters. The van der Waals surface area contributed by atoms with Gasteiger partial charge >= 0.3 is 0 Å². The van der Waals surface area contributed by atoms with Gasteiger partial charge in [-0.15, -0.1) is 12.4 Å². The molecule has 1 aliphatic rings. The van der Waals surface area contributed by atoms with Gasteiger partial charge in [0.25, 0.3) is 0 Å². The monoisotopic (exact) mass is 523 g/mol. The second kappa shape index (κ2) is 11.7. The Hall–Kier alpha value is -3.13. The molecule has 0 bridgehead atoms. The Kier molecular flexibility index (Phi) is 8.46. The van der Waals surface area contributed by atoms with Crippen LogP contribution in [0.4, 0.5) is 5.13 Å². The van der Waals surface area contributed by atoms with Gasteiger partial charge in [0.15, 0.2) is 16.6 Å². The first-order chi connectivity index (χ1) is 17.1. The molecule has 1 amide bonds. The van der Waals surface area contributed by atoms with E-state index >= 15 is 0 Å². The van der Waals surface area contributed by atoms with Crippen LogP contribution in [-0.2, 0) is 4.79 Å². The number of hydrogen-bond acceptors (Lipinski definition) is 6. The third kappa shape index (κ3) is 5.64. The third-order valence-corrected chi connectivity index (χ3v) is 7.08. The average Bonchev–Trinajstić information content (AvgIpc) is 3.28. The minimum absolute atomic E-state index is 0. The summed E-state index contributed by atoms with van der Waals surface area (Å²) in [5, 5.41) is 0.697. The second-order valence-corrected chi connectivity index (χ2v) is 9.87. The van der Waals surface area contributed by atoms with Crippen molar-refractivity contribution in [3.63, 3.8) is 0 Å². The van der Waals surface area contributed by atoms with Crippen LogP contribution in [0.2, 0.25) is 0 Å². The van der Waals surface area contributed by atoms with Crippen molar-refractivity contribution in [2.45, 2.75) is 12.3 Å². The van der Waals surface area contributed by atoms with Crippen LogP contribution in [0.1, 0.15) is 23.5 Å². The lowest BCUT2D eigenvalue weighted by Gasteiger charge is -2.26. The molecule has 0 N–H and O–H groups in total. The molecule has 8 heteroatoms. The number of nitrogens with zero attached hydrogens (tertiary/aromatic N) is 3. The van der Waals surface area contributed by atoms with Crippen molar-refractivity contribution in [3.8, 4) is 11.5 Å². The predicted octanol–water partition coefficient (Wildman–Crippen LogP) is 5.61. The third-order valence-electron chi connectivity index (χ3n) is 6.04. The molecule has 0 atom stereocenters. The molecule has 3 aromatic carbocycles. The quantitative estimate of drug-likeness (QED) is 0.300. The first kappa shape index (κ1) is 25.9. The molecule has 6 nitrogen and oxygen atoms in total. The molecule has 0 fully saturated rings. The van der Waals surface area contributed by atoms with E-state index in [4.69, 9.17) is 14.5 Å². The number of carbonyl (C=O) groups is 1. The molecule has 4 aromatic rings. The van der Waals surface area contributed by atoms with E-state index in [1.807, 2.05) is 91.8 Å². The second-order valence-electron chi connectivity index (χ2n) is 8.86. The molecule has 0 saturated heterocycles. The zero-order valence-electron chi connectivity index (χ0n) is 20.4. The van der Waals surface area contributed by atoms with Crippen molar-refractivity contribution in [2.75, 3.05) is 45.3 Å². The summed E-state index contributed by atoms with van der Waals surface area (Å²) in [6.07, 6.45) is 0.841. The van der Waals surface area contributed by atoms with Crippen LogP contribution >= 0.6 is 23.7 Å². The molecule has 0 spiro atoms. The van der Waals surface area contributed by atoms with Gasteiger partial charge in [-0.3, -0.25) is 9.69 Å². The van der Waals surface area contributed by atoms with Crippen LogP contribution in [0.15, 0.2) is 72.8 Å². The Morgan fingerprint density at radius 1 is 0.917 bits per heavy atom. The Morgan fingerprint density at radius 3 is 2.08 bits per heavy atom. The number of aromatic nitrogens is 1. The lowest BCUT2D eigenvalue weighted by Crippen LogP contribution is -2.37. The SMILES string of the molecule is CN(C)CCCN(C(=O)C(c1ccccc1)c1ccccc1)c1nc2cc3c(cc2s1)OCCO3.Cl. The van der Waals surface area contributed by atoms with Gasteiger partial charge in [-0.05, 0) is 38.2 Å². The largest absolute Gasteiger partial charge is 0.486 e. The highest BCUT2D eigenvalue weighted by Crippen LogP contribution is 2.40. The van der Waals surface area contributed by atoms with Gasteiger partial charge in [-0.2, -0.15) is 0 Å². The summed E-state index contributed by atoms with van der Waals surface area (Å²) in [7, 11) is 4.09. The fourth-order valence-corrected chi connectivity index (χ4v) is 5.35. The van der Waals surface area contributed by atoms with E-state index in [2.05, 4.69) is 4.90 Å². The molecule has 36 heavy (non-hydrogen) atoms. The smallest absolute Gasteiger partial charge is 0.240 e. The molecule has 188 valence electrons. The van der Waals surface area contributed by atoms with Crippen LogP contribution < -0.4 is 14.4 Å². The highest BCUT2D eigenvalue weighted by atomic mass is 35.5. The van der Waals surface area contributed by atoms with Gasteiger partial charge in [0.1, 0.15) is 13.2 Å². The highest BCUT2D eigenvalue weighted by molar-refractivity contribution is 7.22. The van der Waals surface area contributed by atoms with Gasteiger partial charge in [0, 0.05) is 18.7 Å². The summed E-state index contributed by atoms with van der Waals surface area (Å²) in [6, 6.07) is 23.9. The molecule has 2 heterocycles. The summed E-state index contributed by atoms with van der Waals surface area (Å²) in [5.41, 5.74) is 2.76. The van der Waals surface area contributed by atoms with Gasteiger partial charge < -0.3 is 14.4 Å². The number of benzene rings is 3. The van der Waals surface area contributed by atoms with E-state index in [9.17, 15) is 4.79 Å². The first-order valence-electron chi connectivity index (χ1n) is 11.9. The Balaban J connectivity index is 0.00000304. The normalized spacial score (nSPS) is 12.6. The van der Waals surface area contributed by atoms with E-state index < -0.39 is 5.92 Å². The van der Waals surface area contributed by atoms with E-state index in [1.54, 1.807) is 0 Å². The van der Waals surface area contributed by atoms with Gasteiger partial charge in [-0.25, -0.2) is 4.98 Å². The van der Waals surface area contributed by atoms with E-state index in [-0.39, 0.29) is 18.3 Å². The fourth-order valence-electron chi connectivity index (χ4n) is 4.34. The number of rotatable bonds is 8. The van der Waals surface area contributed by atoms with Crippen LogP contribution in [0.3, 0.4) is 0 Å². The van der Waals surface area contributed by atoms with E-state index in [0.717, 1.165) is 40.1 Å². The Morgan fingerprint density at radius 2 is 1.50 bits per heavy atom. The summed E-state index contributed by atoms with van der Waals surface area (Å²) < 4.78 is 12.5. The minimum atomic E-state index is -0.413. The van der Waals surface area contributed by atoms with Crippen molar-refractivity contribution in [3.05, 3.63) is 83.9 Å². The number of thiazole rings is 1.